The number of hydrogen-bond donors (Lipinski definition) is 0. The molecule has 0 bridgehead atoms. The van der Waals surface area contributed by atoms with Crippen molar-refractivity contribution in [2.75, 3.05) is 13.1 Å². The van der Waals surface area contributed by atoms with E-state index in [1.165, 1.54) is 0 Å². The van der Waals surface area contributed by atoms with Crippen LogP contribution in [0.3, 0.4) is 0 Å². The molecule has 0 aromatic carbocycles. The SMILES string of the molecule is CC(=O)N1CCC[C@H]1C(=O)N(Cc1nccs1)CC(C)C. The highest BCUT2D eigenvalue weighted by Gasteiger charge is 2.35. The highest BCUT2D eigenvalue weighted by molar-refractivity contribution is 7.09. The van der Waals surface area contributed by atoms with Gasteiger partial charge in [0.2, 0.25) is 11.8 Å². The Hall–Kier alpha value is -1.43. The van der Waals surface area contributed by atoms with Gasteiger partial charge in [0, 0.05) is 31.6 Å². The van der Waals surface area contributed by atoms with Crippen LogP contribution in [0.1, 0.15) is 38.6 Å². The molecule has 1 fully saturated rings. The molecule has 0 N–H and O–H groups in total. The number of carbonyl (C=O) groups excluding carboxylic acids is 2. The van der Waals surface area contributed by atoms with E-state index in [2.05, 4.69) is 18.8 Å². The van der Waals surface area contributed by atoms with Crippen LogP contribution < -0.4 is 0 Å². The number of carbonyl (C=O) groups is 2. The Labute approximate surface area is 130 Å². The quantitative estimate of drug-likeness (QED) is 0.837. The summed E-state index contributed by atoms with van der Waals surface area (Å²) in [4.78, 5) is 32.3. The van der Waals surface area contributed by atoms with Crippen molar-refractivity contribution >= 4 is 23.2 Å². The summed E-state index contributed by atoms with van der Waals surface area (Å²) in [7, 11) is 0. The van der Waals surface area contributed by atoms with Crippen LogP contribution in [0.2, 0.25) is 0 Å². The van der Waals surface area contributed by atoms with Gasteiger partial charge < -0.3 is 9.80 Å². The summed E-state index contributed by atoms with van der Waals surface area (Å²) >= 11 is 1.56. The smallest absolute Gasteiger partial charge is 0.245 e. The van der Waals surface area contributed by atoms with Crippen LogP contribution in [-0.4, -0.2) is 45.7 Å². The first-order valence-corrected chi connectivity index (χ1v) is 8.31. The first-order chi connectivity index (χ1) is 9.99. The molecule has 0 spiro atoms. The fourth-order valence-corrected chi connectivity index (χ4v) is 3.41. The van der Waals surface area contributed by atoms with E-state index in [0.717, 1.165) is 17.8 Å². The Bertz CT molecular complexity index is 487. The summed E-state index contributed by atoms with van der Waals surface area (Å²) in [5, 5.41) is 2.86. The largest absolute Gasteiger partial charge is 0.334 e. The Morgan fingerprint density at radius 1 is 1.52 bits per heavy atom. The molecule has 1 atom stereocenters. The van der Waals surface area contributed by atoms with Crippen LogP contribution >= 0.6 is 11.3 Å². The van der Waals surface area contributed by atoms with Crippen LogP contribution in [0.15, 0.2) is 11.6 Å². The van der Waals surface area contributed by atoms with Gasteiger partial charge in [0.15, 0.2) is 0 Å². The Morgan fingerprint density at radius 2 is 2.29 bits per heavy atom. The Balaban J connectivity index is 2.11. The van der Waals surface area contributed by atoms with Gasteiger partial charge in [-0.2, -0.15) is 0 Å². The van der Waals surface area contributed by atoms with Crippen LogP contribution in [0.5, 0.6) is 0 Å². The van der Waals surface area contributed by atoms with Crippen molar-refractivity contribution in [3.05, 3.63) is 16.6 Å². The van der Waals surface area contributed by atoms with E-state index in [1.54, 1.807) is 29.4 Å². The third kappa shape index (κ3) is 4.03. The minimum atomic E-state index is -0.291. The van der Waals surface area contributed by atoms with Gasteiger partial charge in [-0.05, 0) is 18.8 Å². The number of amides is 2. The molecule has 21 heavy (non-hydrogen) atoms. The number of nitrogens with zero attached hydrogens (tertiary/aromatic N) is 3. The molecule has 1 aliphatic heterocycles. The fourth-order valence-electron chi connectivity index (χ4n) is 2.78. The third-order valence-electron chi connectivity index (χ3n) is 3.65. The van der Waals surface area contributed by atoms with Crippen molar-refractivity contribution in [1.29, 1.82) is 0 Å². The summed E-state index contributed by atoms with van der Waals surface area (Å²) in [6.45, 7) is 7.66. The van der Waals surface area contributed by atoms with Gasteiger partial charge in [-0.25, -0.2) is 4.98 Å². The number of likely N-dealkylation sites (tertiary alicyclic amines) is 1. The zero-order valence-corrected chi connectivity index (χ0v) is 13.7. The van der Waals surface area contributed by atoms with E-state index in [1.807, 2.05) is 10.3 Å². The van der Waals surface area contributed by atoms with Crippen molar-refractivity contribution in [2.45, 2.75) is 46.2 Å². The van der Waals surface area contributed by atoms with Crippen molar-refractivity contribution in [3.8, 4) is 0 Å². The molecule has 5 nitrogen and oxygen atoms in total. The Morgan fingerprint density at radius 3 is 2.86 bits per heavy atom. The minimum Gasteiger partial charge on any atom is -0.334 e. The van der Waals surface area contributed by atoms with E-state index in [0.29, 0.717) is 25.6 Å². The summed E-state index contributed by atoms with van der Waals surface area (Å²) < 4.78 is 0. The molecule has 1 aliphatic rings. The molecule has 2 amide bonds. The van der Waals surface area contributed by atoms with E-state index in [9.17, 15) is 9.59 Å². The molecule has 1 saturated heterocycles. The molecule has 0 unspecified atom stereocenters. The van der Waals surface area contributed by atoms with Gasteiger partial charge in [0.05, 0.1) is 6.54 Å². The predicted molar refractivity (Wildman–Crippen MR) is 82.8 cm³/mol. The molecule has 1 aromatic heterocycles. The van der Waals surface area contributed by atoms with Gasteiger partial charge in [0.1, 0.15) is 11.0 Å². The first kappa shape index (κ1) is 15.9. The minimum absolute atomic E-state index is 0.00963. The highest BCUT2D eigenvalue weighted by atomic mass is 32.1. The molecular formula is C15H23N3O2S. The second kappa shape index (κ2) is 7.02. The highest BCUT2D eigenvalue weighted by Crippen LogP contribution is 2.21. The van der Waals surface area contributed by atoms with Crippen molar-refractivity contribution in [2.24, 2.45) is 5.92 Å². The van der Waals surface area contributed by atoms with E-state index in [-0.39, 0.29) is 17.9 Å². The molecule has 6 heteroatoms. The van der Waals surface area contributed by atoms with Crippen molar-refractivity contribution < 1.29 is 9.59 Å². The van der Waals surface area contributed by atoms with Gasteiger partial charge >= 0.3 is 0 Å². The van der Waals surface area contributed by atoms with Crippen LogP contribution in [0, 0.1) is 5.92 Å². The maximum absolute atomic E-state index is 12.8. The lowest BCUT2D eigenvalue weighted by atomic mass is 10.1. The lowest BCUT2D eigenvalue weighted by molar-refractivity contribution is -0.143. The zero-order valence-electron chi connectivity index (χ0n) is 12.9. The number of rotatable bonds is 5. The number of hydrogen-bond acceptors (Lipinski definition) is 4. The molecule has 0 saturated carbocycles. The fraction of sp³-hybridized carbons (Fsp3) is 0.667. The molecular weight excluding hydrogens is 286 g/mol. The van der Waals surface area contributed by atoms with Gasteiger partial charge in [-0.1, -0.05) is 13.8 Å². The van der Waals surface area contributed by atoms with Gasteiger partial charge in [0.25, 0.3) is 0 Å². The predicted octanol–water partition coefficient (Wildman–Crippen LogP) is 2.14. The molecule has 2 rings (SSSR count). The van der Waals surface area contributed by atoms with E-state index in [4.69, 9.17) is 0 Å². The number of thiazole rings is 1. The van der Waals surface area contributed by atoms with Crippen molar-refractivity contribution in [3.63, 3.8) is 0 Å². The molecule has 2 heterocycles. The van der Waals surface area contributed by atoms with Gasteiger partial charge in [-0.3, -0.25) is 9.59 Å². The zero-order chi connectivity index (χ0) is 15.4. The summed E-state index contributed by atoms with van der Waals surface area (Å²) in [6, 6.07) is -0.291. The molecule has 1 aromatic rings. The average molecular weight is 309 g/mol. The monoisotopic (exact) mass is 309 g/mol. The molecule has 116 valence electrons. The number of aromatic nitrogens is 1. The van der Waals surface area contributed by atoms with Gasteiger partial charge in [-0.15, -0.1) is 11.3 Å². The molecule has 0 aliphatic carbocycles. The van der Waals surface area contributed by atoms with E-state index < -0.39 is 0 Å². The standard InChI is InChI=1S/C15H23N3O2S/c1-11(2)9-17(10-14-16-6-8-21-14)15(20)13-5-4-7-18(13)12(3)19/h6,8,11,13H,4-5,7,9-10H2,1-3H3/t13-/m0/s1. The lowest BCUT2D eigenvalue weighted by Crippen LogP contribution is -2.47. The maximum atomic E-state index is 12.8. The van der Waals surface area contributed by atoms with E-state index >= 15 is 0 Å². The van der Waals surface area contributed by atoms with Crippen LogP contribution in [0.4, 0.5) is 0 Å². The second-order valence-corrected chi connectivity index (χ2v) is 6.89. The average Bonchev–Trinajstić information content (AvgIpc) is 3.07. The summed E-state index contributed by atoms with van der Waals surface area (Å²) in [6.07, 6.45) is 3.43. The first-order valence-electron chi connectivity index (χ1n) is 7.43. The maximum Gasteiger partial charge on any atom is 0.245 e. The second-order valence-electron chi connectivity index (χ2n) is 5.91. The summed E-state index contributed by atoms with van der Waals surface area (Å²) in [5.74, 6) is 0.442. The lowest BCUT2D eigenvalue weighted by Gasteiger charge is -2.30. The molecule has 0 radical (unpaired) electrons. The third-order valence-corrected chi connectivity index (χ3v) is 4.41. The summed E-state index contributed by atoms with van der Waals surface area (Å²) in [5.41, 5.74) is 0. The normalized spacial score (nSPS) is 18.3. The Kier molecular flexibility index (Phi) is 5.33. The van der Waals surface area contributed by atoms with Crippen LogP contribution in [0.25, 0.3) is 0 Å². The topological polar surface area (TPSA) is 53.5 Å². The van der Waals surface area contributed by atoms with Crippen LogP contribution in [-0.2, 0) is 16.1 Å². The van der Waals surface area contributed by atoms with Crippen molar-refractivity contribution in [1.82, 2.24) is 14.8 Å².